The van der Waals surface area contributed by atoms with Gasteiger partial charge in [-0.2, -0.15) is 0 Å². The van der Waals surface area contributed by atoms with E-state index in [1.54, 1.807) is 18.7 Å². The Kier molecular flexibility index (Phi) is 4.49. The molecule has 1 rings (SSSR count). The van der Waals surface area contributed by atoms with Gasteiger partial charge in [0.05, 0.1) is 5.92 Å². The number of benzene rings is 1. The van der Waals surface area contributed by atoms with Crippen molar-refractivity contribution < 1.29 is 9.90 Å². The quantitative estimate of drug-likeness (QED) is 0.756. The van der Waals surface area contributed by atoms with Gasteiger partial charge in [-0.1, -0.05) is 6.92 Å². The number of carbonyl (C=O) groups is 1. The number of hydrogen-bond acceptors (Lipinski definition) is 3. The third-order valence-corrected chi connectivity index (χ3v) is 2.87. The van der Waals surface area contributed by atoms with Crippen LogP contribution in [0.3, 0.4) is 0 Å². The van der Waals surface area contributed by atoms with Gasteiger partial charge in [0.15, 0.2) is 0 Å². The van der Waals surface area contributed by atoms with Crippen molar-refractivity contribution in [2.45, 2.75) is 11.8 Å². The van der Waals surface area contributed by atoms with E-state index in [-0.39, 0.29) is 5.92 Å². The maximum absolute atomic E-state index is 10.6. The molecule has 4 heteroatoms. The van der Waals surface area contributed by atoms with Gasteiger partial charge in [0.1, 0.15) is 0 Å². The van der Waals surface area contributed by atoms with E-state index in [2.05, 4.69) is 5.32 Å². The van der Waals surface area contributed by atoms with Crippen molar-refractivity contribution in [2.24, 2.45) is 5.92 Å². The predicted octanol–water partition coefficient (Wildman–Crippen LogP) is 2.54. The van der Waals surface area contributed by atoms with E-state index >= 15 is 0 Å². The van der Waals surface area contributed by atoms with Crippen LogP contribution in [0.1, 0.15) is 6.92 Å². The van der Waals surface area contributed by atoms with Crippen LogP contribution in [0.5, 0.6) is 0 Å². The molecule has 1 aromatic rings. The number of carboxylic acid groups (broad SMARTS) is 1. The normalized spacial score (nSPS) is 12.1. The van der Waals surface area contributed by atoms with Crippen molar-refractivity contribution in [2.75, 3.05) is 18.1 Å². The Morgan fingerprint density at radius 1 is 1.47 bits per heavy atom. The molecule has 0 saturated heterocycles. The minimum absolute atomic E-state index is 0.370. The Bertz CT molecular complexity index is 324. The van der Waals surface area contributed by atoms with Gasteiger partial charge in [-0.15, -0.1) is 11.8 Å². The maximum Gasteiger partial charge on any atom is 0.308 e. The van der Waals surface area contributed by atoms with Crippen LogP contribution in [-0.4, -0.2) is 23.9 Å². The van der Waals surface area contributed by atoms with Gasteiger partial charge in [-0.3, -0.25) is 4.79 Å². The molecule has 1 atom stereocenters. The first kappa shape index (κ1) is 11.9. The molecule has 0 fully saturated rings. The van der Waals surface area contributed by atoms with Gasteiger partial charge in [0.25, 0.3) is 0 Å². The Morgan fingerprint density at radius 3 is 2.53 bits per heavy atom. The highest BCUT2D eigenvalue weighted by Gasteiger charge is 2.09. The standard InChI is InChI=1S/C11H15NO2S/c1-8(11(13)14)7-12-9-3-5-10(15-2)6-4-9/h3-6,8,12H,7H2,1-2H3,(H,13,14). The molecule has 0 spiro atoms. The molecule has 3 nitrogen and oxygen atoms in total. The summed E-state index contributed by atoms with van der Waals surface area (Å²) in [4.78, 5) is 11.8. The van der Waals surface area contributed by atoms with Crippen LogP contribution in [0, 0.1) is 5.92 Å². The third kappa shape index (κ3) is 3.83. The minimum atomic E-state index is -0.775. The highest BCUT2D eigenvalue weighted by molar-refractivity contribution is 7.98. The first-order valence-corrected chi connectivity index (χ1v) is 5.96. The summed E-state index contributed by atoms with van der Waals surface area (Å²) in [6.45, 7) is 2.14. The van der Waals surface area contributed by atoms with Crippen LogP contribution in [0.4, 0.5) is 5.69 Å². The fourth-order valence-corrected chi connectivity index (χ4v) is 1.48. The second-order valence-electron chi connectivity index (χ2n) is 3.35. The van der Waals surface area contributed by atoms with E-state index in [1.165, 1.54) is 4.90 Å². The largest absolute Gasteiger partial charge is 0.481 e. The lowest BCUT2D eigenvalue weighted by Gasteiger charge is -2.09. The van der Waals surface area contributed by atoms with Gasteiger partial charge in [-0.05, 0) is 30.5 Å². The summed E-state index contributed by atoms with van der Waals surface area (Å²) in [5.74, 6) is -1.14. The highest BCUT2D eigenvalue weighted by atomic mass is 32.2. The van der Waals surface area contributed by atoms with Crippen LogP contribution in [0.25, 0.3) is 0 Å². The Labute approximate surface area is 93.9 Å². The maximum atomic E-state index is 10.6. The average Bonchev–Trinajstić information content (AvgIpc) is 2.26. The minimum Gasteiger partial charge on any atom is -0.481 e. The fraction of sp³-hybridized carbons (Fsp3) is 0.364. The van der Waals surface area contributed by atoms with Gasteiger partial charge < -0.3 is 10.4 Å². The molecule has 0 heterocycles. The molecule has 0 aliphatic carbocycles. The molecule has 0 saturated carbocycles. The van der Waals surface area contributed by atoms with Crippen molar-refractivity contribution in [1.29, 1.82) is 0 Å². The van der Waals surface area contributed by atoms with E-state index in [9.17, 15) is 4.79 Å². The summed E-state index contributed by atoms with van der Waals surface area (Å²) in [6.07, 6.45) is 2.02. The molecule has 0 bridgehead atoms. The molecule has 82 valence electrons. The van der Waals surface area contributed by atoms with E-state index in [4.69, 9.17) is 5.11 Å². The highest BCUT2D eigenvalue weighted by Crippen LogP contribution is 2.17. The van der Waals surface area contributed by atoms with Crippen LogP contribution < -0.4 is 5.32 Å². The lowest BCUT2D eigenvalue weighted by atomic mass is 10.2. The van der Waals surface area contributed by atoms with Gasteiger partial charge in [-0.25, -0.2) is 0 Å². The number of rotatable bonds is 5. The summed E-state index contributed by atoms with van der Waals surface area (Å²) >= 11 is 1.68. The molecule has 0 aliphatic rings. The molecule has 1 aromatic carbocycles. The average molecular weight is 225 g/mol. The van der Waals surface area contributed by atoms with E-state index in [0.717, 1.165) is 5.69 Å². The van der Waals surface area contributed by atoms with Gasteiger partial charge in [0.2, 0.25) is 0 Å². The van der Waals surface area contributed by atoms with Crippen LogP contribution in [-0.2, 0) is 4.79 Å². The third-order valence-electron chi connectivity index (χ3n) is 2.12. The lowest BCUT2D eigenvalue weighted by Crippen LogP contribution is -2.19. The van der Waals surface area contributed by atoms with Gasteiger partial charge in [0, 0.05) is 17.1 Å². The SMILES string of the molecule is CSc1ccc(NCC(C)C(=O)O)cc1. The number of aliphatic carboxylic acids is 1. The van der Waals surface area contributed by atoms with Crippen LogP contribution in [0.15, 0.2) is 29.2 Å². The molecule has 0 amide bonds. The Balaban J connectivity index is 2.47. The smallest absolute Gasteiger partial charge is 0.308 e. The Morgan fingerprint density at radius 2 is 2.07 bits per heavy atom. The number of nitrogens with one attached hydrogen (secondary N) is 1. The van der Waals surface area contributed by atoms with E-state index < -0.39 is 5.97 Å². The summed E-state index contributed by atoms with van der Waals surface area (Å²) < 4.78 is 0. The zero-order valence-corrected chi connectivity index (χ0v) is 9.67. The zero-order chi connectivity index (χ0) is 11.3. The van der Waals surface area contributed by atoms with E-state index in [0.29, 0.717) is 6.54 Å². The zero-order valence-electron chi connectivity index (χ0n) is 8.86. The number of thioether (sulfide) groups is 1. The fourth-order valence-electron chi connectivity index (χ4n) is 1.07. The summed E-state index contributed by atoms with van der Waals surface area (Å²) in [7, 11) is 0. The second-order valence-corrected chi connectivity index (χ2v) is 4.23. The lowest BCUT2D eigenvalue weighted by molar-refractivity contribution is -0.140. The topological polar surface area (TPSA) is 49.3 Å². The molecule has 0 aromatic heterocycles. The summed E-state index contributed by atoms with van der Waals surface area (Å²) in [6, 6.07) is 7.94. The first-order chi connectivity index (χ1) is 7.13. The molecule has 0 radical (unpaired) electrons. The molecule has 1 unspecified atom stereocenters. The monoisotopic (exact) mass is 225 g/mol. The molecular formula is C11H15NO2S. The second kappa shape index (κ2) is 5.66. The van der Waals surface area contributed by atoms with Crippen LogP contribution >= 0.6 is 11.8 Å². The number of anilines is 1. The van der Waals surface area contributed by atoms with Crippen molar-refractivity contribution in [3.8, 4) is 0 Å². The van der Waals surface area contributed by atoms with Gasteiger partial charge >= 0.3 is 5.97 Å². The van der Waals surface area contributed by atoms with Crippen LogP contribution in [0.2, 0.25) is 0 Å². The molecular weight excluding hydrogens is 210 g/mol. The van der Waals surface area contributed by atoms with E-state index in [1.807, 2.05) is 30.5 Å². The molecule has 15 heavy (non-hydrogen) atoms. The van der Waals surface area contributed by atoms with Crippen molar-refractivity contribution in [3.63, 3.8) is 0 Å². The molecule has 0 aliphatic heterocycles. The van der Waals surface area contributed by atoms with Crippen molar-refractivity contribution >= 4 is 23.4 Å². The first-order valence-electron chi connectivity index (χ1n) is 4.74. The Hall–Kier alpha value is -1.16. The summed E-state index contributed by atoms with van der Waals surface area (Å²) in [5, 5.41) is 11.8. The molecule has 2 N–H and O–H groups in total. The number of hydrogen-bond donors (Lipinski definition) is 2. The predicted molar refractivity (Wildman–Crippen MR) is 63.5 cm³/mol. The number of carboxylic acids is 1. The van der Waals surface area contributed by atoms with Crippen molar-refractivity contribution in [3.05, 3.63) is 24.3 Å². The van der Waals surface area contributed by atoms with Crippen molar-refractivity contribution in [1.82, 2.24) is 0 Å². The summed E-state index contributed by atoms with van der Waals surface area (Å²) in [5.41, 5.74) is 0.959.